The van der Waals surface area contributed by atoms with Crippen LogP contribution in [0.5, 0.6) is 0 Å². The van der Waals surface area contributed by atoms with Gasteiger partial charge in [0.25, 0.3) is 0 Å². The van der Waals surface area contributed by atoms with Gasteiger partial charge in [-0.25, -0.2) is 29.4 Å². The molecule has 4 rings (SSSR count). The fraction of sp³-hybridized carbons (Fsp3) is 0.238. The maximum atomic E-state index is 14.1. The summed E-state index contributed by atoms with van der Waals surface area (Å²) in [6.07, 6.45) is 2.01. The third-order valence-electron chi connectivity index (χ3n) is 4.76. The van der Waals surface area contributed by atoms with Crippen molar-refractivity contribution < 1.29 is 13.9 Å². The molecule has 0 aromatic carbocycles. The molecule has 12 heteroatoms. The van der Waals surface area contributed by atoms with Crippen LogP contribution in [0.1, 0.15) is 19.4 Å². The number of aromatic nitrogens is 6. The lowest BCUT2D eigenvalue weighted by atomic mass is 10.2. The van der Waals surface area contributed by atoms with Gasteiger partial charge in [0.15, 0.2) is 23.1 Å². The van der Waals surface area contributed by atoms with Crippen molar-refractivity contribution in [3.05, 3.63) is 48.2 Å². The van der Waals surface area contributed by atoms with Gasteiger partial charge >= 0.3 is 6.09 Å². The minimum absolute atomic E-state index is 0.0226. The second-order valence-electron chi connectivity index (χ2n) is 7.49. The van der Waals surface area contributed by atoms with E-state index in [4.69, 9.17) is 16.2 Å². The van der Waals surface area contributed by atoms with Crippen molar-refractivity contribution in [1.82, 2.24) is 29.7 Å². The fourth-order valence-electron chi connectivity index (χ4n) is 3.30. The highest BCUT2D eigenvalue weighted by Gasteiger charge is 2.24. The van der Waals surface area contributed by atoms with Crippen LogP contribution in [0.4, 0.5) is 26.5 Å². The Balaban J connectivity index is 1.77. The molecule has 170 valence electrons. The number of nitrogens with two attached hydrogens (primary N) is 2. The summed E-state index contributed by atoms with van der Waals surface area (Å²) in [4.78, 5) is 30.1. The number of halogens is 1. The summed E-state index contributed by atoms with van der Waals surface area (Å²) < 4.78 is 20.8. The summed E-state index contributed by atoms with van der Waals surface area (Å²) >= 11 is 0. The highest BCUT2D eigenvalue weighted by molar-refractivity contribution is 5.96. The van der Waals surface area contributed by atoms with Crippen molar-refractivity contribution in [1.29, 1.82) is 0 Å². The third kappa shape index (κ3) is 4.22. The monoisotopic (exact) mass is 451 g/mol. The summed E-state index contributed by atoms with van der Waals surface area (Å²) in [5.74, 6) is -0.497. The summed E-state index contributed by atoms with van der Waals surface area (Å²) in [5.41, 5.74) is 13.6. The number of nitrogen functional groups attached to an aromatic ring is 2. The van der Waals surface area contributed by atoms with E-state index in [1.165, 1.54) is 17.9 Å². The molecule has 4 N–H and O–H groups in total. The van der Waals surface area contributed by atoms with Crippen LogP contribution in [-0.2, 0) is 11.3 Å². The van der Waals surface area contributed by atoms with Gasteiger partial charge in [-0.3, -0.25) is 4.90 Å². The van der Waals surface area contributed by atoms with E-state index < -0.39 is 12.0 Å². The van der Waals surface area contributed by atoms with Gasteiger partial charge in [-0.15, -0.1) is 0 Å². The number of rotatable bonds is 5. The summed E-state index contributed by atoms with van der Waals surface area (Å²) in [6.45, 7) is 3.55. The number of amides is 1. The number of hydrogen-bond acceptors (Lipinski definition) is 9. The lowest BCUT2D eigenvalue weighted by molar-refractivity contribution is 0.124. The Morgan fingerprint density at radius 2 is 1.82 bits per heavy atom. The highest BCUT2D eigenvalue weighted by Crippen LogP contribution is 2.32. The van der Waals surface area contributed by atoms with Crippen molar-refractivity contribution in [3.8, 4) is 11.5 Å². The molecule has 0 unspecified atom stereocenters. The number of carbonyl (C=O) groups is 1. The molecule has 33 heavy (non-hydrogen) atoms. The Morgan fingerprint density at radius 1 is 1.15 bits per heavy atom. The molecule has 0 saturated heterocycles. The SMILES string of the molecule is CC(C)OC(=O)N(C)c1c(N)nc(-c2nn(Cc3cccnc3F)c3ncccc23)nc1N. The first-order valence-electron chi connectivity index (χ1n) is 10.0. The Hall–Kier alpha value is -4.35. The molecule has 0 spiro atoms. The molecule has 0 aliphatic carbocycles. The van der Waals surface area contributed by atoms with E-state index in [2.05, 4.69) is 25.0 Å². The molecule has 0 fully saturated rings. The number of pyridine rings is 2. The van der Waals surface area contributed by atoms with Crippen LogP contribution in [0.2, 0.25) is 0 Å². The van der Waals surface area contributed by atoms with Crippen molar-refractivity contribution >= 4 is 34.4 Å². The standard InChI is InChI=1S/C21H22FN9O2/c1-11(2)33-21(32)30(3)15-17(23)27-19(28-18(15)24)14-13-7-5-9-26-20(13)31(29-14)10-12-6-4-8-25-16(12)22/h4-9,11H,10H2,1-3H3,(H4,23,24,27,28). The molecule has 0 aliphatic heterocycles. The van der Waals surface area contributed by atoms with Crippen molar-refractivity contribution in [2.45, 2.75) is 26.5 Å². The van der Waals surface area contributed by atoms with E-state index in [1.54, 1.807) is 44.3 Å². The molecule has 4 aromatic heterocycles. The number of fused-ring (bicyclic) bond motifs is 1. The average Bonchev–Trinajstić information content (AvgIpc) is 3.13. The Bertz CT molecular complexity index is 1320. The molecular weight excluding hydrogens is 429 g/mol. The van der Waals surface area contributed by atoms with Gasteiger partial charge < -0.3 is 16.2 Å². The van der Waals surface area contributed by atoms with E-state index in [1.807, 2.05) is 0 Å². The predicted molar refractivity (Wildman–Crippen MR) is 121 cm³/mol. The van der Waals surface area contributed by atoms with Gasteiger partial charge in [0, 0.05) is 25.0 Å². The van der Waals surface area contributed by atoms with Gasteiger partial charge in [0.2, 0.25) is 5.95 Å². The van der Waals surface area contributed by atoms with Gasteiger partial charge in [0.1, 0.15) is 11.4 Å². The fourth-order valence-corrected chi connectivity index (χ4v) is 3.30. The number of ether oxygens (including phenoxy) is 1. The molecule has 0 radical (unpaired) electrons. The van der Waals surface area contributed by atoms with E-state index in [9.17, 15) is 9.18 Å². The van der Waals surface area contributed by atoms with Crippen LogP contribution in [-0.4, -0.2) is 49.0 Å². The van der Waals surface area contributed by atoms with Crippen LogP contribution in [0.25, 0.3) is 22.6 Å². The van der Waals surface area contributed by atoms with Gasteiger partial charge in [-0.2, -0.15) is 9.49 Å². The lowest BCUT2D eigenvalue weighted by Gasteiger charge is -2.21. The Kier molecular flexibility index (Phi) is 5.73. The topological polar surface area (TPSA) is 151 Å². The van der Waals surface area contributed by atoms with Gasteiger partial charge in [-0.1, -0.05) is 6.07 Å². The molecule has 0 bridgehead atoms. The first-order valence-corrected chi connectivity index (χ1v) is 10.0. The molecule has 0 aliphatic rings. The predicted octanol–water partition coefficient (Wildman–Crippen LogP) is 2.62. The summed E-state index contributed by atoms with van der Waals surface area (Å²) in [5, 5.41) is 5.17. The maximum absolute atomic E-state index is 14.1. The minimum atomic E-state index is -0.642. The van der Waals surface area contributed by atoms with Crippen LogP contribution < -0.4 is 16.4 Å². The first-order chi connectivity index (χ1) is 15.8. The van der Waals surface area contributed by atoms with Gasteiger partial charge in [0.05, 0.1) is 18.0 Å². The van der Waals surface area contributed by atoms with E-state index >= 15 is 0 Å². The normalized spacial score (nSPS) is 11.2. The maximum Gasteiger partial charge on any atom is 0.414 e. The van der Waals surface area contributed by atoms with E-state index in [-0.39, 0.29) is 35.8 Å². The lowest BCUT2D eigenvalue weighted by Crippen LogP contribution is -2.31. The minimum Gasteiger partial charge on any atom is -0.446 e. The first kappa shape index (κ1) is 21.9. The second-order valence-corrected chi connectivity index (χ2v) is 7.49. The van der Waals surface area contributed by atoms with Crippen molar-refractivity contribution in [3.63, 3.8) is 0 Å². The highest BCUT2D eigenvalue weighted by atomic mass is 19.1. The summed E-state index contributed by atoms with van der Waals surface area (Å²) in [7, 11) is 1.46. The van der Waals surface area contributed by atoms with Crippen LogP contribution in [0.15, 0.2) is 36.7 Å². The zero-order chi connectivity index (χ0) is 23.7. The van der Waals surface area contributed by atoms with Crippen LogP contribution in [0.3, 0.4) is 0 Å². The van der Waals surface area contributed by atoms with Gasteiger partial charge in [-0.05, 0) is 32.0 Å². The number of hydrogen-bond donors (Lipinski definition) is 2. The smallest absolute Gasteiger partial charge is 0.414 e. The van der Waals surface area contributed by atoms with E-state index in [0.717, 1.165) is 4.90 Å². The second kappa shape index (κ2) is 8.65. The molecule has 0 saturated carbocycles. The van der Waals surface area contributed by atoms with Crippen molar-refractivity contribution in [2.24, 2.45) is 0 Å². The largest absolute Gasteiger partial charge is 0.446 e. The third-order valence-corrected chi connectivity index (χ3v) is 4.76. The Morgan fingerprint density at radius 3 is 2.48 bits per heavy atom. The van der Waals surface area contributed by atoms with Crippen LogP contribution >= 0.6 is 0 Å². The summed E-state index contributed by atoms with van der Waals surface area (Å²) in [6, 6.07) is 6.78. The zero-order valence-electron chi connectivity index (χ0n) is 18.2. The zero-order valence-corrected chi connectivity index (χ0v) is 18.2. The molecule has 1 amide bonds. The number of anilines is 3. The Labute approximate surface area is 188 Å². The number of nitrogens with zero attached hydrogens (tertiary/aromatic N) is 7. The molecular formula is C21H22FN9O2. The number of carbonyl (C=O) groups excluding carboxylic acids is 1. The molecule has 4 heterocycles. The van der Waals surface area contributed by atoms with Crippen molar-refractivity contribution in [2.75, 3.05) is 23.4 Å². The molecule has 11 nitrogen and oxygen atoms in total. The quantitative estimate of drug-likeness (QED) is 0.436. The molecule has 0 atom stereocenters. The van der Waals surface area contributed by atoms with Crippen LogP contribution in [0, 0.1) is 5.95 Å². The molecule has 4 aromatic rings. The average molecular weight is 451 g/mol. The van der Waals surface area contributed by atoms with E-state index in [0.29, 0.717) is 22.3 Å².